The molecule has 19 heavy (non-hydrogen) atoms. The molecule has 0 aliphatic heterocycles. The molecule has 0 fully saturated rings. The predicted octanol–water partition coefficient (Wildman–Crippen LogP) is 2.47. The second-order valence-electron chi connectivity index (χ2n) is 3.78. The third-order valence-corrected chi connectivity index (χ3v) is 2.90. The van der Waals surface area contributed by atoms with E-state index in [0.717, 1.165) is 6.54 Å². The number of ether oxygens (including phenoxy) is 1. The number of amides is 1. The minimum absolute atomic E-state index is 0. The van der Waals surface area contributed by atoms with Gasteiger partial charge in [-0.1, -0.05) is 23.2 Å². The molecule has 0 atom stereocenters. The molecule has 0 aliphatic carbocycles. The molecule has 108 valence electrons. The van der Waals surface area contributed by atoms with Gasteiger partial charge in [-0.15, -0.1) is 12.4 Å². The monoisotopic (exact) mass is 326 g/mol. The largest absolute Gasteiger partial charge is 0.482 e. The van der Waals surface area contributed by atoms with Crippen LogP contribution in [0.4, 0.5) is 0 Å². The fourth-order valence-electron chi connectivity index (χ4n) is 1.25. The summed E-state index contributed by atoms with van der Waals surface area (Å²) in [6, 6.07) is 4.89. The van der Waals surface area contributed by atoms with E-state index in [0.29, 0.717) is 22.3 Å². The van der Waals surface area contributed by atoms with Gasteiger partial charge < -0.3 is 15.0 Å². The number of benzene rings is 1. The molecule has 0 heterocycles. The Hall–Kier alpha value is -0.680. The highest BCUT2D eigenvalue weighted by atomic mass is 35.5. The standard InChI is InChI=1S/C12H16Cl2N2O2.ClH/c1-15-5-6-16(2)12(17)8-18-11-4-3-9(13)7-10(11)14;/h3-4,7,15H,5-6,8H2,1-2H3;1H. The Kier molecular flexibility index (Phi) is 8.93. The first-order valence-electron chi connectivity index (χ1n) is 5.51. The van der Waals surface area contributed by atoms with Crippen LogP contribution in [0.5, 0.6) is 5.75 Å². The Labute approximate surface area is 129 Å². The van der Waals surface area contributed by atoms with Crippen molar-refractivity contribution in [3.63, 3.8) is 0 Å². The van der Waals surface area contributed by atoms with Gasteiger partial charge in [0.2, 0.25) is 0 Å². The van der Waals surface area contributed by atoms with Crippen LogP contribution in [0.25, 0.3) is 0 Å². The highest BCUT2D eigenvalue weighted by molar-refractivity contribution is 6.35. The van der Waals surface area contributed by atoms with Gasteiger partial charge >= 0.3 is 0 Å². The molecule has 0 spiro atoms. The smallest absolute Gasteiger partial charge is 0.260 e. The van der Waals surface area contributed by atoms with E-state index in [1.54, 1.807) is 30.1 Å². The summed E-state index contributed by atoms with van der Waals surface area (Å²) in [6.07, 6.45) is 0. The van der Waals surface area contributed by atoms with E-state index in [1.807, 2.05) is 7.05 Å². The SMILES string of the molecule is CNCCN(C)C(=O)COc1ccc(Cl)cc1Cl.Cl. The highest BCUT2D eigenvalue weighted by Crippen LogP contribution is 2.27. The van der Waals surface area contributed by atoms with E-state index in [1.165, 1.54) is 0 Å². The van der Waals surface area contributed by atoms with Gasteiger partial charge in [-0.3, -0.25) is 4.79 Å². The predicted molar refractivity (Wildman–Crippen MR) is 80.8 cm³/mol. The van der Waals surface area contributed by atoms with Crippen molar-refractivity contribution in [2.75, 3.05) is 33.8 Å². The maximum Gasteiger partial charge on any atom is 0.260 e. The average molecular weight is 328 g/mol. The van der Waals surface area contributed by atoms with Crippen LogP contribution in [-0.4, -0.2) is 44.6 Å². The Bertz CT molecular complexity index is 416. The number of halogens is 3. The number of rotatable bonds is 6. The lowest BCUT2D eigenvalue weighted by atomic mass is 10.3. The molecule has 0 bridgehead atoms. The van der Waals surface area contributed by atoms with Crippen LogP contribution in [0.2, 0.25) is 10.0 Å². The van der Waals surface area contributed by atoms with E-state index in [9.17, 15) is 4.79 Å². The Balaban J connectivity index is 0.00000324. The van der Waals surface area contributed by atoms with Crippen LogP contribution in [0.15, 0.2) is 18.2 Å². The maximum atomic E-state index is 11.7. The number of likely N-dealkylation sites (N-methyl/N-ethyl adjacent to an activating group) is 2. The number of hydrogen-bond acceptors (Lipinski definition) is 3. The van der Waals surface area contributed by atoms with Gasteiger partial charge in [0.15, 0.2) is 6.61 Å². The molecule has 0 unspecified atom stereocenters. The molecule has 4 nitrogen and oxygen atoms in total. The van der Waals surface area contributed by atoms with Crippen molar-refractivity contribution < 1.29 is 9.53 Å². The van der Waals surface area contributed by atoms with Crippen LogP contribution >= 0.6 is 35.6 Å². The second kappa shape index (κ2) is 9.26. The van der Waals surface area contributed by atoms with Crippen LogP contribution in [0.1, 0.15) is 0 Å². The lowest BCUT2D eigenvalue weighted by Gasteiger charge is -2.17. The first-order chi connectivity index (χ1) is 8.54. The van der Waals surface area contributed by atoms with E-state index < -0.39 is 0 Å². The summed E-state index contributed by atoms with van der Waals surface area (Å²) in [5, 5.41) is 3.90. The first-order valence-corrected chi connectivity index (χ1v) is 6.26. The molecule has 1 N–H and O–H groups in total. The molecule has 1 rings (SSSR count). The number of nitrogens with zero attached hydrogens (tertiary/aromatic N) is 1. The number of nitrogens with one attached hydrogen (secondary N) is 1. The Morgan fingerprint density at radius 1 is 1.42 bits per heavy atom. The zero-order valence-corrected chi connectivity index (χ0v) is 13.1. The van der Waals surface area contributed by atoms with Gasteiger partial charge in [0.05, 0.1) is 5.02 Å². The van der Waals surface area contributed by atoms with Gasteiger partial charge in [-0.05, 0) is 25.2 Å². The normalized spacial score (nSPS) is 9.68. The molecular formula is C12H17Cl3N2O2. The van der Waals surface area contributed by atoms with E-state index in [4.69, 9.17) is 27.9 Å². The van der Waals surface area contributed by atoms with Gasteiger partial charge in [-0.2, -0.15) is 0 Å². The molecule has 1 amide bonds. The van der Waals surface area contributed by atoms with Crippen molar-refractivity contribution in [2.24, 2.45) is 0 Å². The van der Waals surface area contributed by atoms with Crippen molar-refractivity contribution in [2.45, 2.75) is 0 Å². The molecular weight excluding hydrogens is 311 g/mol. The van der Waals surface area contributed by atoms with Crippen molar-refractivity contribution in [3.8, 4) is 5.75 Å². The highest BCUT2D eigenvalue weighted by Gasteiger charge is 2.10. The average Bonchev–Trinajstić information content (AvgIpc) is 2.34. The number of carbonyl (C=O) groups excluding carboxylic acids is 1. The van der Waals surface area contributed by atoms with E-state index in [2.05, 4.69) is 5.32 Å². The summed E-state index contributed by atoms with van der Waals surface area (Å²) in [5.74, 6) is 0.354. The topological polar surface area (TPSA) is 41.6 Å². The number of hydrogen-bond donors (Lipinski definition) is 1. The van der Waals surface area contributed by atoms with E-state index in [-0.39, 0.29) is 24.9 Å². The van der Waals surface area contributed by atoms with Crippen molar-refractivity contribution in [1.82, 2.24) is 10.2 Å². The van der Waals surface area contributed by atoms with Gasteiger partial charge in [0.1, 0.15) is 5.75 Å². The first kappa shape index (κ1) is 18.3. The maximum absolute atomic E-state index is 11.7. The molecule has 0 saturated carbocycles. The summed E-state index contributed by atoms with van der Waals surface area (Å²) in [7, 11) is 3.56. The molecule has 0 radical (unpaired) electrons. The lowest BCUT2D eigenvalue weighted by molar-refractivity contribution is -0.131. The third-order valence-electron chi connectivity index (χ3n) is 2.37. The number of carbonyl (C=O) groups is 1. The summed E-state index contributed by atoms with van der Waals surface area (Å²) >= 11 is 11.7. The fraction of sp³-hybridized carbons (Fsp3) is 0.417. The molecule has 1 aromatic rings. The van der Waals surface area contributed by atoms with Gasteiger partial charge in [0, 0.05) is 25.2 Å². The second-order valence-corrected chi connectivity index (χ2v) is 4.63. The van der Waals surface area contributed by atoms with Crippen molar-refractivity contribution in [1.29, 1.82) is 0 Å². The minimum Gasteiger partial charge on any atom is -0.482 e. The quantitative estimate of drug-likeness (QED) is 0.873. The molecule has 0 saturated heterocycles. The molecule has 7 heteroatoms. The molecule has 0 aromatic heterocycles. The summed E-state index contributed by atoms with van der Waals surface area (Å²) in [5.41, 5.74) is 0. The van der Waals surface area contributed by atoms with Crippen LogP contribution < -0.4 is 10.1 Å². The minimum atomic E-state index is -0.101. The lowest BCUT2D eigenvalue weighted by Crippen LogP contribution is -2.35. The Morgan fingerprint density at radius 2 is 2.11 bits per heavy atom. The molecule has 1 aromatic carbocycles. The van der Waals surface area contributed by atoms with E-state index >= 15 is 0 Å². The van der Waals surface area contributed by atoms with Crippen molar-refractivity contribution in [3.05, 3.63) is 28.2 Å². The van der Waals surface area contributed by atoms with Gasteiger partial charge in [-0.25, -0.2) is 0 Å². The van der Waals surface area contributed by atoms with Crippen LogP contribution in [0.3, 0.4) is 0 Å². The summed E-state index contributed by atoms with van der Waals surface area (Å²) in [6.45, 7) is 1.33. The molecule has 0 aliphatic rings. The Morgan fingerprint density at radius 3 is 2.68 bits per heavy atom. The fourth-order valence-corrected chi connectivity index (χ4v) is 1.71. The zero-order chi connectivity index (χ0) is 13.5. The van der Waals surface area contributed by atoms with Crippen LogP contribution in [-0.2, 0) is 4.79 Å². The zero-order valence-electron chi connectivity index (χ0n) is 10.8. The third kappa shape index (κ3) is 6.34. The summed E-state index contributed by atoms with van der Waals surface area (Å²) in [4.78, 5) is 13.3. The summed E-state index contributed by atoms with van der Waals surface area (Å²) < 4.78 is 5.35. The van der Waals surface area contributed by atoms with Crippen molar-refractivity contribution >= 4 is 41.5 Å². The van der Waals surface area contributed by atoms with Gasteiger partial charge in [0.25, 0.3) is 5.91 Å². The van der Waals surface area contributed by atoms with Crippen LogP contribution in [0, 0.1) is 0 Å².